The van der Waals surface area contributed by atoms with Gasteiger partial charge in [-0.1, -0.05) is 44.7 Å². The molecule has 0 bridgehead atoms. The van der Waals surface area contributed by atoms with Gasteiger partial charge in [-0.05, 0) is 37.0 Å². The van der Waals surface area contributed by atoms with E-state index in [1.807, 2.05) is 6.07 Å². The molecule has 0 fully saturated rings. The second-order valence-electron chi connectivity index (χ2n) is 6.24. The van der Waals surface area contributed by atoms with Gasteiger partial charge in [-0.2, -0.15) is 0 Å². The third kappa shape index (κ3) is 6.17. The summed E-state index contributed by atoms with van der Waals surface area (Å²) in [6, 6.07) is 6.30. The van der Waals surface area contributed by atoms with Gasteiger partial charge in [0.05, 0.1) is 0 Å². The van der Waals surface area contributed by atoms with Gasteiger partial charge < -0.3 is 9.80 Å². The van der Waals surface area contributed by atoms with E-state index >= 15 is 0 Å². The lowest BCUT2D eigenvalue weighted by Gasteiger charge is -2.27. The van der Waals surface area contributed by atoms with E-state index in [0.717, 1.165) is 23.2 Å². The van der Waals surface area contributed by atoms with E-state index in [0.29, 0.717) is 0 Å². The first kappa shape index (κ1) is 18.2. The highest BCUT2D eigenvalue weighted by Gasteiger charge is 2.12. The Bertz CT molecular complexity index is 418. The van der Waals surface area contributed by atoms with Crippen LogP contribution in [0.3, 0.4) is 0 Å². The van der Waals surface area contributed by atoms with Gasteiger partial charge in [-0.25, -0.2) is 0 Å². The number of hydrogen-bond donors (Lipinski definition) is 0. The molecule has 1 atom stereocenters. The predicted octanol–water partition coefficient (Wildman–Crippen LogP) is 5.45. The summed E-state index contributed by atoms with van der Waals surface area (Å²) in [6.45, 7) is 5.66. The van der Waals surface area contributed by atoms with Crippen LogP contribution in [0.5, 0.6) is 0 Å². The van der Waals surface area contributed by atoms with Gasteiger partial charge in [-0.15, -0.1) is 0 Å². The van der Waals surface area contributed by atoms with E-state index in [1.165, 1.54) is 37.8 Å². The van der Waals surface area contributed by atoms with Crippen LogP contribution in [-0.4, -0.2) is 27.7 Å². The molecule has 0 aromatic heterocycles. The molecular weight excluding hydrogens is 280 g/mol. The first-order valence-electron chi connectivity index (χ1n) is 8.17. The van der Waals surface area contributed by atoms with E-state index < -0.39 is 0 Å². The average molecular weight is 311 g/mol. The quantitative estimate of drug-likeness (QED) is 0.598. The molecular formula is C18H31ClN2. The fourth-order valence-electron chi connectivity index (χ4n) is 2.76. The Morgan fingerprint density at radius 1 is 0.952 bits per heavy atom. The minimum absolute atomic E-state index is 0.779. The molecule has 0 N–H and O–H groups in total. The molecule has 1 aromatic rings. The van der Waals surface area contributed by atoms with Crippen LogP contribution in [0.1, 0.15) is 46.0 Å². The van der Waals surface area contributed by atoms with Gasteiger partial charge in [0.15, 0.2) is 0 Å². The molecule has 0 aliphatic carbocycles. The molecule has 0 aliphatic rings. The van der Waals surface area contributed by atoms with Gasteiger partial charge in [0.25, 0.3) is 0 Å². The highest BCUT2D eigenvalue weighted by molar-refractivity contribution is 6.31. The van der Waals surface area contributed by atoms with Crippen molar-refractivity contribution in [3.05, 3.63) is 23.2 Å². The minimum atomic E-state index is 0.779. The molecule has 21 heavy (non-hydrogen) atoms. The van der Waals surface area contributed by atoms with Gasteiger partial charge >= 0.3 is 0 Å². The largest absolute Gasteiger partial charge is 0.378 e. The van der Waals surface area contributed by atoms with Crippen molar-refractivity contribution in [3.8, 4) is 0 Å². The summed E-state index contributed by atoms with van der Waals surface area (Å²) in [7, 11) is 6.28. The molecule has 1 rings (SSSR count). The monoisotopic (exact) mass is 310 g/mol. The number of benzene rings is 1. The Balaban J connectivity index is 2.78. The average Bonchev–Trinajstić information content (AvgIpc) is 2.44. The van der Waals surface area contributed by atoms with E-state index in [9.17, 15) is 0 Å². The summed E-state index contributed by atoms with van der Waals surface area (Å²) in [5.74, 6) is 0.779. The summed E-state index contributed by atoms with van der Waals surface area (Å²) in [5, 5.41) is 0.809. The van der Waals surface area contributed by atoms with Gasteiger partial charge in [0, 0.05) is 44.1 Å². The second-order valence-corrected chi connectivity index (χ2v) is 6.68. The normalized spacial score (nSPS) is 12.3. The van der Waals surface area contributed by atoms with Crippen molar-refractivity contribution in [2.75, 3.05) is 37.5 Å². The molecule has 2 nitrogen and oxygen atoms in total. The molecule has 0 amide bonds. The van der Waals surface area contributed by atoms with Crippen LogP contribution in [0.2, 0.25) is 5.02 Å². The molecule has 0 spiro atoms. The van der Waals surface area contributed by atoms with Gasteiger partial charge in [0.1, 0.15) is 0 Å². The predicted molar refractivity (Wildman–Crippen MR) is 97.0 cm³/mol. The van der Waals surface area contributed by atoms with Crippen LogP contribution in [0.15, 0.2) is 18.2 Å². The highest BCUT2D eigenvalue weighted by atomic mass is 35.5. The standard InChI is InChI=1S/C18H31ClN2/c1-6-8-10-15(9-7-2)14-21(5)18-12-16(19)11-17(13-18)20(3)4/h11-13,15H,6-10,14H2,1-5H3. The Hall–Kier alpha value is -0.890. The highest BCUT2D eigenvalue weighted by Crippen LogP contribution is 2.28. The van der Waals surface area contributed by atoms with Crippen molar-refractivity contribution < 1.29 is 0 Å². The van der Waals surface area contributed by atoms with Crippen molar-refractivity contribution in [2.24, 2.45) is 5.92 Å². The van der Waals surface area contributed by atoms with Crippen LogP contribution in [0.25, 0.3) is 0 Å². The van der Waals surface area contributed by atoms with Crippen molar-refractivity contribution >= 4 is 23.0 Å². The van der Waals surface area contributed by atoms with Crippen LogP contribution in [0, 0.1) is 5.92 Å². The summed E-state index contributed by atoms with van der Waals surface area (Å²) >= 11 is 6.27. The number of unbranched alkanes of at least 4 members (excludes halogenated alkanes) is 1. The first-order chi connectivity index (χ1) is 9.97. The Morgan fingerprint density at radius 2 is 1.62 bits per heavy atom. The number of hydrogen-bond acceptors (Lipinski definition) is 2. The Morgan fingerprint density at radius 3 is 2.19 bits per heavy atom. The Kier molecular flexibility index (Phi) is 7.95. The summed E-state index contributed by atoms with van der Waals surface area (Å²) < 4.78 is 0. The number of rotatable bonds is 9. The third-order valence-electron chi connectivity index (χ3n) is 4.02. The zero-order valence-electron chi connectivity index (χ0n) is 14.3. The van der Waals surface area contributed by atoms with E-state index in [1.54, 1.807) is 0 Å². The lowest BCUT2D eigenvalue weighted by molar-refractivity contribution is 0.432. The van der Waals surface area contributed by atoms with Crippen LogP contribution < -0.4 is 9.80 Å². The molecule has 1 aromatic carbocycles. The second kappa shape index (κ2) is 9.19. The number of halogens is 1. The zero-order valence-corrected chi connectivity index (χ0v) is 15.1. The third-order valence-corrected chi connectivity index (χ3v) is 4.24. The first-order valence-corrected chi connectivity index (χ1v) is 8.54. The minimum Gasteiger partial charge on any atom is -0.378 e. The summed E-state index contributed by atoms with van der Waals surface area (Å²) in [4.78, 5) is 4.46. The Labute approximate surface area is 136 Å². The van der Waals surface area contributed by atoms with Crippen molar-refractivity contribution in [2.45, 2.75) is 46.0 Å². The summed E-state index contributed by atoms with van der Waals surface area (Å²) in [5.41, 5.74) is 2.37. The maximum atomic E-state index is 6.27. The van der Waals surface area contributed by atoms with E-state index in [-0.39, 0.29) is 0 Å². The lowest BCUT2D eigenvalue weighted by Crippen LogP contribution is -2.25. The lowest BCUT2D eigenvalue weighted by atomic mass is 9.96. The maximum Gasteiger partial charge on any atom is 0.0447 e. The fraction of sp³-hybridized carbons (Fsp3) is 0.667. The molecule has 3 heteroatoms. The molecule has 0 heterocycles. The molecule has 0 aliphatic heterocycles. The van der Waals surface area contributed by atoms with Crippen molar-refractivity contribution in [1.82, 2.24) is 0 Å². The van der Waals surface area contributed by atoms with Crippen molar-refractivity contribution in [3.63, 3.8) is 0 Å². The van der Waals surface area contributed by atoms with E-state index in [4.69, 9.17) is 11.6 Å². The topological polar surface area (TPSA) is 6.48 Å². The smallest absolute Gasteiger partial charge is 0.0447 e. The van der Waals surface area contributed by atoms with Gasteiger partial charge in [0.2, 0.25) is 0 Å². The van der Waals surface area contributed by atoms with E-state index in [2.05, 4.69) is 56.9 Å². The molecule has 1 unspecified atom stereocenters. The van der Waals surface area contributed by atoms with Gasteiger partial charge in [-0.3, -0.25) is 0 Å². The van der Waals surface area contributed by atoms with Crippen LogP contribution in [-0.2, 0) is 0 Å². The fourth-order valence-corrected chi connectivity index (χ4v) is 2.98. The summed E-state index contributed by atoms with van der Waals surface area (Å²) in [6.07, 6.45) is 6.52. The molecule has 0 radical (unpaired) electrons. The van der Waals surface area contributed by atoms with Crippen LogP contribution in [0.4, 0.5) is 11.4 Å². The zero-order chi connectivity index (χ0) is 15.8. The SMILES string of the molecule is CCCCC(CCC)CN(C)c1cc(Cl)cc(N(C)C)c1. The molecule has 0 saturated heterocycles. The van der Waals surface area contributed by atoms with Crippen molar-refractivity contribution in [1.29, 1.82) is 0 Å². The van der Waals surface area contributed by atoms with Crippen LogP contribution >= 0.6 is 11.6 Å². The number of nitrogens with zero attached hydrogens (tertiary/aromatic N) is 2. The number of anilines is 2. The maximum absolute atomic E-state index is 6.27. The molecule has 0 saturated carbocycles. The molecule has 120 valence electrons.